The number of carbonyl (C=O) groups excluding carboxylic acids is 1. The molecule has 3 N–H and O–H groups in total. The number of allylic oxidation sites excluding steroid dienone is 2. The van der Waals surface area contributed by atoms with E-state index in [2.05, 4.69) is 38.7 Å². The van der Waals surface area contributed by atoms with E-state index in [-0.39, 0.29) is 23.2 Å². The number of likely N-dealkylation sites (tertiary alicyclic amines) is 1. The minimum Gasteiger partial charge on any atom is -0.378 e. The maximum Gasteiger partial charge on any atom is 0.262 e. The number of anilines is 1. The van der Waals surface area contributed by atoms with Crippen molar-refractivity contribution in [2.75, 3.05) is 51.8 Å². The molecule has 220 valence electrons. The van der Waals surface area contributed by atoms with Gasteiger partial charge < -0.3 is 30.6 Å². The van der Waals surface area contributed by atoms with Crippen LogP contribution in [0.2, 0.25) is 0 Å². The number of aromatic nitrogens is 2. The fraction of sp³-hybridized carbons (Fsp3) is 0.500. The Morgan fingerprint density at radius 1 is 1.20 bits per heavy atom. The second-order valence-electron chi connectivity index (χ2n) is 12.1. The standard InChI is InChI=1S/C30H39F2N7O2/c1-18-10-24(31)25(36-29(40)23-15-34-39(28(23)32)30(2,3)4)13-22(18)19-11-20(14-33)27(35-21-16-37(5)17-21)26(12-19)38-6-8-41-9-7-38/h10-15,20-21,27,33,35H,6-9,16-17H2,1-5H3,(H,36,40). The molecule has 11 heteroatoms. The van der Waals surface area contributed by atoms with E-state index in [4.69, 9.17) is 10.1 Å². The number of morpholine rings is 1. The third-order valence-electron chi connectivity index (χ3n) is 7.89. The molecule has 1 aromatic heterocycles. The Morgan fingerprint density at radius 3 is 2.51 bits per heavy atom. The van der Waals surface area contributed by atoms with E-state index < -0.39 is 23.2 Å². The molecule has 9 nitrogen and oxygen atoms in total. The molecule has 2 fully saturated rings. The number of halogens is 2. The van der Waals surface area contributed by atoms with Crippen LogP contribution in [0.25, 0.3) is 5.57 Å². The molecule has 3 aliphatic rings. The summed E-state index contributed by atoms with van der Waals surface area (Å²) < 4.78 is 36.8. The Kier molecular flexibility index (Phi) is 8.13. The monoisotopic (exact) mass is 567 g/mol. The molecule has 41 heavy (non-hydrogen) atoms. The van der Waals surface area contributed by atoms with Gasteiger partial charge in [0.25, 0.3) is 5.91 Å². The van der Waals surface area contributed by atoms with E-state index in [1.165, 1.54) is 12.3 Å². The molecule has 2 aromatic rings. The Balaban J connectivity index is 1.47. The van der Waals surface area contributed by atoms with Gasteiger partial charge in [-0.3, -0.25) is 4.79 Å². The lowest BCUT2D eigenvalue weighted by atomic mass is 9.84. The zero-order valence-electron chi connectivity index (χ0n) is 24.3. The van der Waals surface area contributed by atoms with Crippen LogP contribution in [-0.2, 0) is 10.3 Å². The summed E-state index contributed by atoms with van der Waals surface area (Å²) in [6, 6.07) is 3.22. The topological polar surface area (TPSA) is 98.5 Å². The average molecular weight is 568 g/mol. The fourth-order valence-electron chi connectivity index (χ4n) is 5.70. The summed E-state index contributed by atoms with van der Waals surface area (Å²) in [4.78, 5) is 17.5. The van der Waals surface area contributed by atoms with Crippen molar-refractivity contribution in [3.8, 4) is 0 Å². The number of likely N-dealkylation sites (N-methyl/N-ethyl adjacent to an activating group) is 1. The summed E-state index contributed by atoms with van der Waals surface area (Å²) in [5.41, 5.74) is 2.36. The van der Waals surface area contributed by atoms with Crippen LogP contribution in [0.1, 0.15) is 42.3 Å². The molecule has 1 aromatic carbocycles. The summed E-state index contributed by atoms with van der Waals surface area (Å²) in [6.07, 6.45) is 6.73. The van der Waals surface area contributed by atoms with Gasteiger partial charge in [0.05, 0.1) is 36.7 Å². The summed E-state index contributed by atoms with van der Waals surface area (Å²) in [5.74, 6) is -2.39. The first kappa shape index (κ1) is 29.1. The van der Waals surface area contributed by atoms with Gasteiger partial charge in [0, 0.05) is 50.1 Å². The van der Waals surface area contributed by atoms with Crippen molar-refractivity contribution >= 4 is 23.4 Å². The second kappa shape index (κ2) is 11.5. The van der Waals surface area contributed by atoms with Crippen molar-refractivity contribution in [2.45, 2.75) is 45.3 Å². The Hall–Kier alpha value is -3.41. The summed E-state index contributed by atoms with van der Waals surface area (Å²) in [5, 5.41) is 18.6. The Labute approximate surface area is 239 Å². The number of ether oxygens (including phenoxy) is 1. The summed E-state index contributed by atoms with van der Waals surface area (Å²) >= 11 is 0. The van der Waals surface area contributed by atoms with E-state index >= 15 is 4.39 Å². The van der Waals surface area contributed by atoms with Crippen LogP contribution in [0, 0.1) is 30.0 Å². The third-order valence-corrected chi connectivity index (χ3v) is 7.89. The third kappa shape index (κ3) is 5.98. The molecular weight excluding hydrogens is 528 g/mol. The van der Waals surface area contributed by atoms with Crippen molar-refractivity contribution < 1.29 is 18.3 Å². The molecular formula is C30H39F2N7O2. The molecule has 1 aliphatic carbocycles. The molecule has 2 unspecified atom stereocenters. The molecule has 2 saturated heterocycles. The number of rotatable bonds is 7. The molecule has 0 spiro atoms. The fourth-order valence-corrected chi connectivity index (χ4v) is 5.70. The number of nitrogens with zero attached hydrogens (tertiary/aromatic N) is 4. The number of benzene rings is 1. The summed E-state index contributed by atoms with van der Waals surface area (Å²) in [7, 11) is 2.09. The van der Waals surface area contributed by atoms with Crippen molar-refractivity contribution in [3.63, 3.8) is 0 Å². The lowest BCUT2D eigenvalue weighted by Crippen LogP contribution is -2.61. The highest BCUT2D eigenvalue weighted by Crippen LogP contribution is 2.35. The van der Waals surface area contributed by atoms with Crippen LogP contribution in [0.3, 0.4) is 0 Å². The van der Waals surface area contributed by atoms with Crippen molar-refractivity contribution in [3.05, 3.63) is 64.6 Å². The van der Waals surface area contributed by atoms with Crippen LogP contribution >= 0.6 is 0 Å². The van der Waals surface area contributed by atoms with E-state index in [0.717, 1.165) is 53.9 Å². The highest BCUT2D eigenvalue weighted by molar-refractivity contribution is 6.04. The smallest absolute Gasteiger partial charge is 0.262 e. The predicted molar refractivity (Wildman–Crippen MR) is 155 cm³/mol. The number of hydrogen-bond donors (Lipinski definition) is 3. The van der Waals surface area contributed by atoms with Crippen LogP contribution in [-0.4, -0.2) is 90.2 Å². The number of aryl methyl sites for hydroxylation is 1. The number of carbonyl (C=O) groups is 1. The highest BCUT2D eigenvalue weighted by Gasteiger charge is 2.35. The molecule has 3 heterocycles. The van der Waals surface area contributed by atoms with Gasteiger partial charge in [0.2, 0.25) is 5.95 Å². The van der Waals surface area contributed by atoms with Crippen molar-refractivity contribution in [2.24, 2.45) is 5.92 Å². The first-order chi connectivity index (χ1) is 19.5. The first-order valence-electron chi connectivity index (χ1n) is 14.0. The molecule has 1 amide bonds. The molecule has 0 bridgehead atoms. The molecule has 2 atom stereocenters. The van der Waals surface area contributed by atoms with E-state index in [1.54, 1.807) is 26.8 Å². The molecule has 5 rings (SSSR count). The summed E-state index contributed by atoms with van der Waals surface area (Å²) in [6.45, 7) is 11.8. The molecule has 0 radical (unpaired) electrons. The normalized spacial score (nSPS) is 22.2. The van der Waals surface area contributed by atoms with Gasteiger partial charge in [0.1, 0.15) is 11.4 Å². The lowest BCUT2D eigenvalue weighted by Gasteiger charge is -2.44. The van der Waals surface area contributed by atoms with E-state index in [9.17, 15) is 9.18 Å². The van der Waals surface area contributed by atoms with Gasteiger partial charge in [-0.25, -0.2) is 9.07 Å². The number of nitrogens with one attached hydrogen (secondary N) is 3. The zero-order chi connectivity index (χ0) is 29.5. The van der Waals surface area contributed by atoms with Crippen molar-refractivity contribution in [1.29, 1.82) is 5.41 Å². The van der Waals surface area contributed by atoms with Gasteiger partial charge >= 0.3 is 0 Å². The SMILES string of the molecule is Cc1cc(F)c(NC(=O)c2cnn(C(C)(C)C)c2F)cc1C1=CC(C=N)C(NC2CN(C)C2)C(N2CCOCC2)=C1. The van der Waals surface area contributed by atoms with Crippen molar-refractivity contribution in [1.82, 2.24) is 24.9 Å². The van der Waals surface area contributed by atoms with Gasteiger partial charge in [0.15, 0.2) is 0 Å². The number of amides is 1. The van der Waals surface area contributed by atoms with Gasteiger partial charge in [-0.1, -0.05) is 6.08 Å². The van der Waals surface area contributed by atoms with Crippen LogP contribution < -0.4 is 10.6 Å². The van der Waals surface area contributed by atoms with Gasteiger partial charge in [-0.2, -0.15) is 9.49 Å². The molecule has 0 saturated carbocycles. The first-order valence-corrected chi connectivity index (χ1v) is 14.0. The largest absolute Gasteiger partial charge is 0.378 e. The maximum atomic E-state index is 15.1. The minimum absolute atomic E-state index is 0.0510. The number of hydrogen-bond acceptors (Lipinski definition) is 7. The van der Waals surface area contributed by atoms with E-state index in [1.807, 2.05) is 13.0 Å². The minimum atomic E-state index is -0.777. The molecule has 2 aliphatic heterocycles. The van der Waals surface area contributed by atoms with Crippen LogP contribution in [0.5, 0.6) is 0 Å². The maximum absolute atomic E-state index is 15.1. The predicted octanol–water partition coefficient (Wildman–Crippen LogP) is 3.63. The van der Waals surface area contributed by atoms with Crippen LogP contribution in [0.4, 0.5) is 14.5 Å². The second-order valence-corrected chi connectivity index (χ2v) is 12.1. The van der Waals surface area contributed by atoms with Gasteiger partial charge in [-0.05, 0) is 69.7 Å². The van der Waals surface area contributed by atoms with Gasteiger partial charge in [-0.15, -0.1) is 0 Å². The Morgan fingerprint density at radius 2 is 1.90 bits per heavy atom. The average Bonchev–Trinajstić information content (AvgIpc) is 3.31. The lowest BCUT2D eigenvalue weighted by molar-refractivity contribution is 0.0473. The van der Waals surface area contributed by atoms with E-state index in [0.29, 0.717) is 24.8 Å². The van der Waals surface area contributed by atoms with Crippen LogP contribution in [0.15, 0.2) is 36.2 Å². The zero-order valence-corrected chi connectivity index (χ0v) is 24.3. The Bertz CT molecular complexity index is 1380. The highest BCUT2D eigenvalue weighted by atomic mass is 19.1. The quantitative estimate of drug-likeness (QED) is 0.442.